The van der Waals surface area contributed by atoms with Crippen molar-refractivity contribution in [2.45, 2.75) is 0 Å². The van der Waals surface area contributed by atoms with Crippen LogP contribution >= 0.6 is 0 Å². The third-order valence-electron chi connectivity index (χ3n) is 9.01. The van der Waals surface area contributed by atoms with Gasteiger partial charge >= 0.3 is 0 Å². The molecule has 0 bridgehead atoms. The highest BCUT2D eigenvalue weighted by atomic mass is 14.2. The van der Waals surface area contributed by atoms with Gasteiger partial charge < -0.3 is 0 Å². The fourth-order valence-corrected chi connectivity index (χ4v) is 7.13. The highest BCUT2D eigenvalue weighted by Crippen LogP contribution is 2.45. The van der Waals surface area contributed by atoms with Gasteiger partial charge in [0.2, 0.25) is 0 Å². The predicted molar refractivity (Wildman–Crippen MR) is 182 cm³/mol. The first-order valence-electron chi connectivity index (χ1n) is 14.6. The van der Waals surface area contributed by atoms with E-state index in [-0.39, 0.29) is 0 Å². The first-order chi connectivity index (χ1) is 20.8. The summed E-state index contributed by atoms with van der Waals surface area (Å²) in [4.78, 5) is 0. The highest BCUT2D eigenvalue weighted by molar-refractivity contribution is 6.39. The van der Waals surface area contributed by atoms with Gasteiger partial charge in [0.05, 0.1) is 0 Å². The zero-order valence-electron chi connectivity index (χ0n) is 23.0. The smallest absolute Gasteiger partial charge is 0.00137 e. The molecular weight excluding hydrogens is 504 g/mol. The van der Waals surface area contributed by atoms with E-state index in [1.165, 1.54) is 86.9 Å². The minimum atomic E-state index is 1.24. The van der Waals surface area contributed by atoms with Crippen molar-refractivity contribution in [3.63, 3.8) is 0 Å². The van der Waals surface area contributed by atoms with Crippen molar-refractivity contribution >= 4 is 64.6 Å². The third kappa shape index (κ3) is 3.36. The molecule has 194 valence electrons. The molecule has 0 spiro atoms. The van der Waals surface area contributed by atoms with Crippen LogP contribution in [0.5, 0.6) is 0 Å². The zero-order chi connectivity index (χ0) is 27.6. The lowest BCUT2D eigenvalue weighted by atomic mass is 9.85. The average Bonchev–Trinajstić information content (AvgIpc) is 3.07. The Morgan fingerprint density at radius 1 is 0.238 bits per heavy atom. The Morgan fingerprint density at radius 2 is 0.643 bits per heavy atom. The molecule has 9 aromatic rings. The summed E-state index contributed by atoms with van der Waals surface area (Å²) in [6.45, 7) is 0. The molecule has 0 atom stereocenters. The molecule has 0 saturated carbocycles. The number of rotatable bonds is 2. The molecule has 0 heterocycles. The van der Waals surface area contributed by atoms with Crippen LogP contribution in [0, 0.1) is 0 Å². The van der Waals surface area contributed by atoms with Crippen LogP contribution in [0.15, 0.2) is 158 Å². The Balaban J connectivity index is 1.41. The summed E-state index contributed by atoms with van der Waals surface area (Å²) >= 11 is 0. The highest BCUT2D eigenvalue weighted by Gasteiger charge is 2.17. The Bertz CT molecular complexity index is 2500. The monoisotopic (exact) mass is 530 g/mol. The molecule has 0 amide bonds. The lowest BCUT2D eigenvalue weighted by molar-refractivity contribution is 1.61. The normalized spacial score (nSPS) is 11.8. The SMILES string of the molecule is c1ccc(-c2ccc3c4ccccc4c4c5ccccc5c5ccccc5c4c3c2)c(-c2ccc3ccccc3c2)c1. The molecule has 0 heteroatoms. The molecule has 0 N–H and O–H groups in total. The quantitative estimate of drug-likeness (QED) is 0.195. The standard InChI is InChI=1S/C42H26/c1-2-12-28-25-29(22-21-27(28)11-1)31-13-3-4-14-32(31)30-23-24-36-35-17-7-9-19-38(35)41-37-18-8-5-15-33(37)34-16-6-10-20-39(34)42(41)40(36)26-30/h1-26H. The molecule has 0 aliphatic heterocycles. The van der Waals surface area contributed by atoms with Gasteiger partial charge in [-0.05, 0) is 99.0 Å². The van der Waals surface area contributed by atoms with Gasteiger partial charge in [0, 0.05) is 0 Å². The van der Waals surface area contributed by atoms with E-state index in [1.54, 1.807) is 0 Å². The van der Waals surface area contributed by atoms with Crippen molar-refractivity contribution in [1.29, 1.82) is 0 Å². The molecule has 9 aromatic carbocycles. The summed E-state index contributed by atoms with van der Waals surface area (Å²) < 4.78 is 0. The van der Waals surface area contributed by atoms with Gasteiger partial charge in [-0.2, -0.15) is 0 Å². The Hall–Kier alpha value is -5.46. The van der Waals surface area contributed by atoms with Gasteiger partial charge in [-0.3, -0.25) is 0 Å². The van der Waals surface area contributed by atoms with Gasteiger partial charge in [-0.25, -0.2) is 0 Å². The predicted octanol–water partition coefficient (Wildman–Crippen LogP) is 11.9. The van der Waals surface area contributed by atoms with Crippen molar-refractivity contribution < 1.29 is 0 Å². The van der Waals surface area contributed by atoms with E-state index in [0.717, 1.165) is 0 Å². The van der Waals surface area contributed by atoms with Crippen LogP contribution in [-0.4, -0.2) is 0 Å². The maximum atomic E-state index is 2.44. The molecule has 0 unspecified atom stereocenters. The number of hydrogen-bond acceptors (Lipinski definition) is 0. The fraction of sp³-hybridized carbons (Fsp3) is 0. The molecule has 0 aliphatic rings. The first kappa shape index (κ1) is 23.3. The molecule has 9 rings (SSSR count). The van der Waals surface area contributed by atoms with Crippen molar-refractivity contribution in [2.24, 2.45) is 0 Å². The van der Waals surface area contributed by atoms with Gasteiger partial charge in [0.25, 0.3) is 0 Å². The van der Waals surface area contributed by atoms with Crippen molar-refractivity contribution in [3.8, 4) is 22.3 Å². The molecule has 0 nitrogen and oxygen atoms in total. The minimum Gasteiger partial charge on any atom is -0.0616 e. The van der Waals surface area contributed by atoms with Gasteiger partial charge in [0.1, 0.15) is 0 Å². The molecule has 0 fully saturated rings. The summed E-state index contributed by atoms with van der Waals surface area (Å²) in [5.74, 6) is 0. The Morgan fingerprint density at radius 3 is 1.24 bits per heavy atom. The zero-order valence-corrected chi connectivity index (χ0v) is 23.0. The number of fused-ring (bicyclic) bond motifs is 12. The van der Waals surface area contributed by atoms with Crippen LogP contribution in [0.25, 0.3) is 86.9 Å². The van der Waals surface area contributed by atoms with Crippen LogP contribution in [-0.2, 0) is 0 Å². The van der Waals surface area contributed by atoms with E-state index in [0.29, 0.717) is 0 Å². The second-order valence-corrected chi connectivity index (χ2v) is 11.3. The van der Waals surface area contributed by atoms with Crippen LogP contribution in [0.3, 0.4) is 0 Å². The molecule has 0 aromatic heterocycles. The lowest BCUT2D eigenvalue weighted by Crippen LogP contribution is -1.90. The summed E-state index contributed by atoms with van der Waals surface area (Å²) in [5.41, 5.74) is 4.98. The minimum absolute atomic E-state index is 1.24. The maximum absolute atomic E-state index is 2.44. The Labute approximate surface area is 244 Å². The average molecular weight is 531 g/mol. The lowest BCUT2D eigenvalue weighted by Gasteiger charge is -2.18. The van der Waals surface area contributed by atoms with E-state index >= 15 is 0 Å². The first-order valence-corrected chi connectivity index (χ1v) is 14.6. The molecular formula is C42H26. The van der Waals surface area contributed by atoms with E-state index < -0.39 is 0 Å². The van der Waals surface area contributed by atoms with Gasteiger partial charge in [-0.1, -0.05) is 146 Å². The van der Waals surface area contributed by atoms with Gasteiger partial charge in [-0.15, -0.1) is 0 Å². The summed E-state index contributed by atoms with van der Waals surface area (Å²) in [6, 6.07) is 58.0. The van der Waals surface area contributed by atoms with E-state index in [4.69, 9.17) is 0 Å². The fourth-order valence-electron chi connectivity index (χ4n) is 7.13. The molecule has 0 radical (unpaired) electrons. The van der Waals surface area contributed by atoms with Crippen molar-refractivity contribution in [2.75, 3.05) is 0 Å². The van der Waals surface area contributed by atoms with E-state index in [9.17, 15) is 0 Å². The van der Waals surface area contributed by atoms with E-state index in [2.05, 4.69) is 158 Å². The molecule has 0 aliphatic carbocycles. The topological polar surface area (TPSA) is 0 Å². The number of benzene rings is 9. The third-order valence-corrected chi connectivity index (χ3v) is 9.01. The maximum Gasteiger partial charge on any atom is -0.00137 e. The second-order valence-electron chi connectivity index (χ2n) is 11.3. The van der Waals surface area contributed by atoms with Gasteiger partial charge in [0.15, 0.2) is 0 Å². The van der Waals surface area contributed by atoms with Crippen LogP contribution < -0.4 is 0 Å². The Kier molecular flexibility index (Phi) is 5.00. The second kappa shape index (κ2) is 9.03. The van der Waals surface area contributed by atoms with Crippen LogP contribution in [0.2, 0.25) is 0 Å². The molecule has 0 saturated heterocycles. The van der Waals surface area contributed by atoms with Crippen molar-refractivity contribution in [3.05, 3.63) is 158 Å². The van der Waals surface area contributed by atoms with Crippen LogP contribution in [0.4, 0.5) is 0 Å². The largest absolute Gasteiger partial charge is 0.0616 e. The summed E-state index contributed by atoms with van der Waals surface area (Å²) in [7, 11) is 0. The molecule has 42 heavy (non-hydrogen) atoms. The summed E-state index contributed by atoms with van der Waals surface area (Å²) in [5, 5.41) is 15.6. The van der Waals surface area contributed by atoms with E-state index in [1.807, 2.05) is 0 Å². The van der Waals surface area contributed by atoms with Crippen LogP contribution in [0.1, 0.15) is 0 Å². The summed E-state index contributed by atoms with van der Waals surface area (Å²) in [6.07, 6.45) is 0. The van der Waals surface area contributed by atoms with Crippen molar-refractivity contribution in [1.82, 2.24) is 0 Å². The number of hydrogen-bond donors (Lipinski definition) is 0.